The second-order valence-electron chi connectivity index (χ2n) is 6.54. The largest absolute Gasteiger partial charge is 0.347 e. The number of nitrogens with one attached hydrogen (secondary N) is 1. The molecule has 0 saturated heterocycles. The molecule has 0 aliphatic carbocycles. The maximum absolute atomic E-state index is 13.0. The van der Waals surface area contributed by atoms with Crippen LogP contribution >= 0.6 is 11.8 Å². The van der Waals surface area contributed by atoms with Crippen LogP contribution < -0.4 is 15.1 Å². The molecule has 1 atom stereocenters. The molecular formula is C20H22N5O2S+. The number of aryl methyl sites for hydroxylation is 1. The Hall–Kier alpha value is -2.87. The van der Waals surface area contributed by atoms with Crippen LogP contribution in [0, 0.1) is 0 Å². The fraction of sp³-hybridized carbons (Fsp3) is 0.300. The Bertz CT molecular complexity index is 1100. The second-order valence-corrected chi connectivity index (χ2v) is 7.79. The molecule has 144 valence electrons. The van der Waals surface area contributed by atoms with Crippen LogP contribution in [0.25, 0.3) is 11.3 Å². The average Bonchev–Trinajstić information content (AvgIpc) is 3.11. The summed E-state index contributed by atoms with van der Waals surface area (Å²) in [6, 6.07) is 11.4. The van der Waals surface area contributed by atoms with Crippen molar-refractivity contribution in [3.8, 4) is 11.3 Å². The summed E-state index contributed by atoms with van der Waals surface area (Å²) < 4.78 is 3.66. The predicted octanol–water partition coefficient (Wildman–Crippen LogP) is 2.48. The molecule has 0 radical (unpaired) electrons. The zero-order valence-electron chi connectivity index (χ0n) is 16.0. The van der Waals surface area contributed by atoms with Gasteiger partial charge >= 0.3 is 17.4 Å². The van der Waals surface area contributed by atoms with E-state index in [0.717, 1.165) is 17.1 Å². The molecule has 4 rings (SSSR count). The van der Waals surface area contributed by atoms with Gasteiger partial charge in [-0.25, -0.2) is 4.90 Å². The number of benzene rings is 1. The number of hydrogen-bond acceptors (Lipinski definition) is 4. The smallest absolute Gasteiger partial charge is 0.325 e. The van der Waals surface area contributed by atoms with E-state index >= 15 is 0 Å². The van der Waals surface area contributed by atoms with E-state index in [1.165, 1.54) is 11.8 Å². The van der Waals surface area contributed by atoms with Crippen LogP contribution in [0.3, 0.4) is 0 Å². The highest BCUT2D eigenvalue weighted by atomic mass is 32.2. The zero-order chi connectivity index (χ0) is 19.8. The van der Waals surface area contributed by atoms with Crippen LogP contribution in [0.5, 0.6) is 0 Å². The lowest BCUT2D eigenvalue weighted by Gasteiger charge is -2.31. The molecule has 0 unspecified atom stereocenters. The Morgan fingerprint density at radius 1 is 1.25 bits per heavy atom. The van der Waals surface area contributed by atoms with Gasteiger partial charge in [0.1, 0.15) is 5.69 Å². The van der Waals surface area contributed by atoms with Crippen molar-refractivity contribution in [2.75, 3.05) is 10.7 Å². The summed E-state index contributed by atoms with van der Waals surface area (Å²) in [6.07, 6.45) is 1.75. The van der Waals surface area contributed by atoms with Gasteiger partial charge in [-0.15, -0.1) is 0 Å². The third-order valence-electron chi connectivity index (χ3n) is 4.86. The number of anilines is 1. The van der Waals surface area contributed by atoms with Crippen LogP contribution in [-0.2, 0) is 11.8 Å². The Balaban J connectivity index is 2.08. The van der Waals surface area contributed by atoms with Crippen molar-refractivity contribution in [2.45, 2.75) is 31.6 Å². The van der Waals surface area contributed by atoms with E-state index in [9.17, 15) is 9.59 Å². The fourth-order valence-corrected chi connectivity index (χ4v) is 4.21. The molecule has 1 aliphatic rings. The molecule has 2 aromatic heterocycles. The van der Waals surface area contributed by atoms with Gasteiger partial charge in [-0.2, -0.15) is 0 Å². The van der Waals surface area contributed by atoms with Crippen molar-refractivity contribution in [2.24, 2.45) is 7.05 Å². The summed E-state index contributed by atoms with van der Waals surface area (Å²) in [5.41, 5.74) is 2.57. The minimum atomic E-state index is -0.532. The number of aromatic nitrogens is 4. The van der Waals surface area contributed by atoms with Gasteiger partial charge in [0.25, 0.3) is 0 Å². The Kier molecular flexibility index (Phi) is 4.80. The van der Waals surface area contributed by atoms with Crippen LogP contribution in [0.1, 0.15) is 32.1 Å². The molecule has 1 N–H and O–H groups in total. The fourth-order valence-electron chi connectivity index (χ4n) is 3.62. The van der Waals surface area contributed by atoms with Crippen LogP contribution in [0.2, 0.25) is 0 Å². The average molecular weight is 396 g/mol. The van der Waals surface area contributed by atoms with Gasteiger partial charge in [-0.1, -0.05) is 37.7 Å². The normalized spacial score (nSPS) is 15.2. The summed E-state index contributed by atoms with van der Waals surface area (Å²) in [5.74, 6) is 0.759. The first-order valence-corrected chi connectivity index (χ1v) is 10.3. The number of rotatable bonds is 4. The van der Waals surface area contributed by atoms with Crippen LogP contribution in [0.4, 0.5) is 5.69 Å². The van der Waals surface area contributed by atoms with Crippen molar-refractivity contribution in [3.05, 3.63) is 58.6 Å². The Morgan fingerprint density at radius 3 is 2.71 bits per heavy atom. The molecule has 1 amide bonds. The maximum atomic E-state index is 13.0. The Labute approximate surface area is 167 Å². The molecule has 1 aromatic carbocycles. The first-order chi connectivity index (χ1) is 13.6. The maximum Gasteiger partial charge on any atom is 0.325 e. The predicted molar refractivity (Wildman–Crippen MR) is 108 cm³/mol. The number of nitrogens with zero attached hydrogens (tertiary/aromatic N) is 4. The van der Waals surface area contributed by atoms with Crippen molar-refractivity contribution < 1.29 is 9.48 Å². The molecule has 0 bridgehead atoms. The van der Waals surface area contributed by atoms with Gasteiger partial charge in [-0.3, -0.25) is 14.6 Å². The van der Waals surface area contributed by atoms with Crippen molar-refractivity contribution in [3.63, 3.8) is 0 Å². The van der Waals surface area contributed by atoms with E-state index in [0.29, 0.717) is 22.8 Å². The number of hydrogen-bond donors (Lipinski definition) is 1. The molecule has 7 nitrogen and oxygen atoms in total. The summed E-state index contributed by atoms with van der Waals surface area (Å²) in [6.45, 7) is 3.85. The third-order valence-corrected chi connectivity index (χ3v) is 5.60. The van der Waals surface area contributed by atoms with Gasteiger partial charge in [0.15, 0.2) is 0 Å². The molecule has 28 heavy (non-hydrogen) atoms. The minimum Gasteiger partial charge on any atom is -0.347 e. The monoisotopic (exact) mass is 396 g/mol. The molecule has 8 heteroatoms. The number of fused-ring (bicyclic) bond motifs is 3. The Morgan fingerprint density at radius 2 is 2.04 bits per heavy atom. The third kappa shape index (κ3) is 2.84. The van der Waals surface area contributed by atoms with E-state index in [1.807, 2.05) is 68.1 Å². The topological polar surface area (TPSA) is 74.9 Å². The van der Waals surface area contributed by atoms with E-state index in [4.69, 9.17) is 5.10 Å². The van der Waals surface area contributed by atoms with Crippen molar-refractivity contribution in [1.29, 1.82) is 0 Å². The molecular weight excluding hydrogens is 374 g/mol. The number of H-pyrrole nitrogens is 1. The van der Waals surface area contributed by atoms with E-state index in [-0.39, 0.29) is 11.5 Å². The number of thioether (sulfide) groups is 1. The summed E-state index contributed by atoms with van der Waals surface area (Å²) in [7, 11) is 1.93. The lowest BCUT2D eigenvalue weighted by Crippen LogP contribution is -2.61. The van der Waals surface area contributed by atoms with Crippen LogP contribution in [0.15, 0.2) is 52.5 Å². The van der Waals surface area contributed by atoms with Gasteiger partial charge in [0.05, 0.1) is 11.3 Å². The molecule has 0 spiro atoms. The van der Waals surface area contributed by atoms with Gasteiger partial charge in [0.2, 0.25) is 11.1 Å². The van der Waals surface area contributed by atoms with Gasteiger partial charge in [0, 0.05) is 24.8 Å². The summed E-state index contributed by atoms with van der Waals surface area (Å²) in [4.78, 5) is 30.7. The molecule has 3 heterocycles. The van der Waals surface area contributed by atoms with Crippen molar-refractivity contribution in [1.82, 2.24) is 14.6 Å². The van der Waals surface area contributed by atoms with Crippen molar-refractivity contribution >= 4 is 23.4 Å². The minimum absolute atomic E-state index is 0.0245. The molecule has 3 aromatic rings. The first-order valence-electron chi connectivity index (χ1n) is 9.28. The number of carbonyl (C=O) groups is 1. The standard InChI is InChI=1S/C20H21N5O2S/c1-4-16(26)24-14-10-7-6-9-13(14)17-18(27)21-20(28-5-2)22-25(17)19(24)15-11-8-12-23(15)3/h6-12,19H,4-5H2,1-3H3/p+1/t19-/m0/s1. The van der Waals surface area contributed by atoms with E-state index in [2.05, 4.69) is 4.98 Å². The molecule has 1 aliphatic heterocycles. The zero-order valence-corrected chi connectivity index (χ0v) is 16.9. The summed E-state index contributed by atoms with van der Waals surface area (Å²) >= 11 is 1.46. The molecule has 0 fully saturated rings. The highest BCUT2D eigenvalue weighted by molar-refractivity contribution is 7.99. The SMILES string of the molecule is CCSc1n[n+]2c(c(=O)[nH]1)-c1ccccc1N(C(=O)CC)[C@@H]2c1cccn1C. The number of amides is 1. The molecule has 0 saturated carbocycles. The van der Waals surface area contributed by atoms with Crippen LogP contribution in [-0.4, -0.2) is 26.3 Å². The van der Waals surface area contributed by atoms with Gasteiger partial charge < -0.3 is 4.57 Å². The lowest BCUT2D eigenvalue weighted by molar-refractivity contribution is -0.763. The highest BCUT2D eigenvalue weighted by Gasteiger charge is 2.46. The van der Waals surface area contributed by atoms with Gasteiger partial charge in [-0.05, 0) is 34.7 Å². The quantitative estimate of drug-likeness (QED) is 0.543. The number of para-hydroxylation sites is 1. The van der Waals surface area contributed by atoms with E-state index in [1.54, 1.807) is 9.58 Å². The number of aromatic amines is 1. The first kappa shape index (κ1) is 18.5. The second kappa shape index (κ2) is 7.27. The van der Waals surface area contributed by atoms with E-state index < -0.39 is 6.17 Å². The highest BCUT2D eigenvalue weighted by Crippen LogP contribution is 2.37. The summed E-state index contributed by atoms with van der Waals surface area (Å²) in [5, 5.41) is 5.27. The number of carbonyl (C=O) groups excluding carboxylic acids is 1. The lowest BCUT2D eigenvalue weighted by atomic mass is 10.0.